The quantitative estimate of drug-likeness (QED) is 0.724. The lowest BCUT2D eigenvalue weighted by Gasteiger charge is -2.03. The van der Waals surface area contributed by atoms with Crippen molar-refractivity contribution in [2.45, 2.75) is 13.5 Å². The maximum atomic E-state index is 5.69. The van der Waals surface area contributed by atoms with Gasteiger partial charge in [0.25, 0.3) is 0 Å². The number of imidazole rings is 1. The number of rotatable bonds is 2. The Morgan fingerprint density at radius 1 is 1.50 bits per heavy atom. The van der Waals surface area contributed by atoms with Crippen LogP contribution in [0.1, 0.15) is 11.4 Å². The summed E-state index contributed by atoms with van der Waals surface area (Å²) in [5, 5.41) is 7.83. The molecule has 0 aliphatic carbocycles. The topological polar surface area (TPSA) is 74.5 Å². The smallest absolute Gasteiger partial charge is 0.200 e. The molecule has 2 aromatic rings. The molecular formula is C8H12N6. The van der Waals surface area contributed by atoms with Crippen LogP contribution in [-0.2, 0) is 13.6 Å². The van der Waals surface area contributed by atoms with Gasteiger partial charge < -0.3 is 10.3 Å². The summed E-state index contributed by atoms with van der Waals surface area (Å²) in [7, 11) is 1.83. The van der Waals surface area contributed by atoms with E-state index in [1.54, 1.807) is 10.9 Å². The molecule has 0 amide bonds. The summed E-state index contributed by atoms with van der Waals surface area (Å²) in [5.41, 5.74) is 7.59. The zero-order valence-corrected chi connectivity index (χ0v) is 8.18. The Balaban J connectivity index is 2.26. The summed E-state index contributed by atoms with van der Waals surface area (Å²) in [6.07, 6.45) is 3.60. The molecule has 0 aromatic carbocycles. The first-order valence-corrected chi connectivity index (χ1v) is 4.29. The van der Waals surface area contributed by atoms with Crippen molar-refractivity contribution in [3.05, 3.63) is 23.8 Å². The molecule has 14 heavy (non-hydrogen) atoms. The Kier molecular flexibility index (Phi) is 1.95. The highest BCUT2D eigenvalue weighted by Crippen LogP contribution is 2.08. The van der Waals surface area contributed by atoms with Crippen molar-refractivity contribution in [1.29, 1.82) is 0 Å². The molecule has 0 radical (unpaired) electrons. The number of anilines is 1. The predicted molar refractivity (Wildman–Crippen MR) is 51.5 cm³/mol. The SMILES string of the molecule is Cc1cnc(N)n1Cc1cn(C)nn1. The molecule has 0 fully saturated rings. The van der Waals surface area contributed by atoms with Crippen molar-refractivity contribution >= 4 is 5.95 Å². The summed E-state index contributed by atoms with van der Waals surface area (Å²) >= 11 is 0. The number of aryl methyl sites for hydroxylation is 2. The first kappa shape index (κ1) is 8.74. The van der Waals surface area contributed by atoms with Crippen LogP contribution in [0, 0.1) is 6.92 Å². The second-order valence-corrected chi connectivity index (χ2v) is 3.23. The fourth-order valence-corrected chi connectivity index (χ4v) is 1.32. The highest BCUT2D eigenvalue weighted by Gasteiger charge is 2.05. The van der Waals surface area contributed by atoms with E-state index in [-0.39, 0.29) is 0 Å². The molecule has 0 aliphatic rings. The van der Waals surface area contributed by atoms with Gasteiger partial charge in [-0.25, -0.2) is 4.98 Å². The van der Waals surface area contributed by atoms with Crippen LogP contribution >= 0.6 is 0 Å². The van der Waals surface area contributed by atoms with Crippen molar-refractivity contribution in [3.63, 3.8) is 0 Å². The standard InChI is InChI=1S/C8H12N6/c1-6-3-10-8(9)14(6)5-7-4-13(2)12-11-7/h3-4H,5H2,1-2H3,(H2,9,10). The Labute approximate surface area is 81.4 Å². The number of hydrogen-bond acceptors (Lipinski definition) is 4. The molecule has 6 heteroatoms. The van der Waals surface area contributed by atoms with Crippen LogP contribution in [0.15, 0.2) is 12.4 Å². The average molecular weight is 192 g/mol. The lowest BCUT2D eigenvalue weighted by molar-refractivity contribution is 0.708. The number of hydrogen-bond donors (Lipinski definition) is 1. The third kappa shape index (κ3) is 1.46. The first-order valence-electron chi connectivity index (χ1n) is 4.29. The lowest BCUT2D eigenvalue weighted by Crippen LogP contribution is -2.06. The van der Waals surface area contributed by atoms with E-state index < -0.39 is 0 Å². The minimum atomic E-state index is 0.508. The fraction of sp³-hybridized carbons (Fsp3) is 0.375. The van der Waals surface area contributed by atoms with E-state index in [4.69, 9.17) is 5.73 Å². The number of aromatic nitrogens is 5. The Hall–Kier alpha value is -1.85. The number of nitrogen functional groups attached to an aromatic ring is 1. The Morgan fingerprint density at radius 2 is 2.29 bits per heavy atom. The molecule has 2 aromatic heterocycles. The average Bonchev–Trinajstić information content (AvgIpc) is 2.67. The molecule has 0 spiro atoms. The molecule has 2 N–H and O–H groups in total. The van der Waals surface area contributed by atoms with Crippen LogP contribution in [0.25, 0.3) is 0 Å². The van der Waals surface area contributed by atoms with Crippen molar-refractivity contribution in [2.24, 2.45) is 7.05 Å². The van der Waals surface area contributed by atoms with E-state index in [9.17, 15) is 0 Å². The number of nitrogens with zero attached hydrogens (tertiary/aromatic N) is 5. The summed E-state index contributed by atoms with van der Waals surface area (Å²) in [6, 6.07) is 0. The summed E-state index contributed by atoms with van der Waals surface area (Å²) in [5.74, 6) is 0.508. The van der Waals surface area contributed by atoms with Gasteiger partial charge in [0.2, 0.25) is 5.95 Å². The molecule has 0 atom stereocenters. The van der Waals surface area contributed by atoms with E-state index in [0.717, 1.165) is 11.4 Å². The molecule has 0 bridgehead atoms. The van der Waals surface area contributed by atoms with Gasteiger partial charge in [0.05, 0.1) is 12.7 Å². The van der Waals surface area contributed by atoms with Gasteiger partial charge in [-0.1, -0.05) is 5.21 Å². The molecule has 6 nitrogen and oxygen atoms in total. The normalized spacial score (nSPS) is 10.7. The van der Waals surface area contributed by atoms with E-state index in [2.05, 4.69) is 15.3 Å². The lowest BCUT2D eigenvalue weighted by atomic mass is 10.4. The van der Waals surface area contributed by atoms with Gasteiger partial charge in [0.1, 0.15) is 5.69 Å². The Morgan fingerprint density at radius 3 is 2.79 bits per heavy atom. The van der Waals surface area contributed by atoms with Crippen molar-refractivity contribution < 1.29 is 0 Å². The minimum Gasteiger partial charge on any atom is -0.369 e. The molecule has 0 unspecified atom stereocenters. The van der Waals surface area contributed by atoms with Crippen LogP contribution in [0.2, 0.25) is 0 Å². The van der Waals surface area contributed by atoms with Crippen molar-refractivity contribution in [2.75, 3.05) is 5.73 Å². The largest absolute Gasteiger partial charge is 0.369 e. The second kappa shape index (κ2) is 3.13. The first-order chi connectivity index (χ1) is 6.66. The van der Waals surface area contributed by atoms with Crippen LogP contribution in [0.4, 0.5) is 5.95 Å². The van der Waals surface area contributed by atoms with Crippen molar-refractivity contribution in [1.82, 2.24) is 24.5 Å². The van der Waals surface area contributed by atoms with E-state index >= 15 is 0 Å². The number of nitrogens with two attached hydrogens (primary N) is 1. The van der Waals surface area contributed by atoms with Gasteiger partial charge in [0.15, 0.2) is 0 Å². The van der Waals surface area contributed by atoms with Gasteiger partial charge in [-0.05, 0) is 6.92 Å². The zero-order chi connectivity index (χ0) is 10.1. The minimum absolute atomic E-state index is 0.508. The van der Waals surface area contributed by atoms with Crippen LogP contribution < -0.4 is 5.73 Å². The van der Waals surface area contributed by atoms with Gasteiger partial charge in [0, 0.05) is 18.9 Å². The maximum Gasteiger partial charge on any atom is 0.200 e. The molecule has 74 valence electrons. The monoisotopic (exact) mass is 192 g/mol. The summed E-state index contributed by atoms with van der Waals surface area (Å²) in [6.45, 7) is 2.57. The Bertz CT molecular complexity index is 421. The highest BCUT2D eigenvalue weighted by atomic mass is 15.4. The molecule has 0 saturated heterocycles. The van der Waals surface area contributed by atoms with Crippen LogP contribution in [0.5, 0.6) is 0 Å². The molecule has 2 rings (SSSR count). The van der Waals surface area contributed by atoms with Crippen LogP contribution in [-0.4, -0.2) is 24.5 Å². The summed E-state index contributed by atoms with van der Waals surface area (Å²) in [4.78, 5) is 4.00. The van der Waals surface area contributed by atoms with Gasteiger partial charge in [-0.3, -0.25) is 4.68 Å². The molecule has 2 heterocycles. The van der Waals surface area contributed by atoms with Crippen LogP contribution in [0.3, 0.4) is 0 Å². The third-order valence-electron chi connectivity index (χ3n) is 2.06. The molecule has 0 saturated carbocycles. The van der Waals surface area contributed by atoms with Gasteiger partial charge >= 0.3 is 0 Å². The maximum absolute atomic E-state index is 5.69. The zero-order valence-electron chi connectivity index (χ0n) is 8.18. The van der Waals surface area contributed by atoms with E-state index in [1.165, 1.54) is 0 Å². The van der Waals surface area contributed by atoms with Crippen molar-refractivity contribution in [3.8, 4) is 0 Å². The predicted octanol–water partition coefficient (Wildman–Crippen LogP) is -0.0495. The molecule has 0 aliphatic heterocycles. The van der Waals surface area contributed by atoms with Gasteiger partial charge in [-0.2, -0.15) is 0 Å². The summed E-state index contributed by atoms with van der Waals surface area (Å²) < 4.78 is 3.56. The van der Waals surface area contributed by atoms with E-state index in [0.29, 0.717) is 12.5 Å². The fourth-order valence-electron chi connectivity index (χ4n) is 1.32. The second-order valence-electron chi connectivity index (χ2n) is 3.23. The third-order valence-corrected chi connectivity index (χ3v) is 2.06. The highest BCUT2D eigenvalue weighted by molar-refractivity contribution is 5.23. The molecular weight excluding hydrogens is 180 g/mol. The van der Waals surface area contributed by atoms with Gasteiger partial charge in [-0.15, -0.1) is 5.10 Å². The van der Waals surface area contributed by atoms with E-state index in [1.807, 2.05) is 24.7 Å².